The van der Waals surface area contributed by atoms with Gasteiger partial charge in [0.2, 0.25) is 11.8 Å². The second-order valence-corrected chi connectivity index (χ2v) is 6.64. The number of para-hydroxylation sites is 1. The van der Waals surface area contributed by atoms with Gasteiger partial charge in [-0.25, -0.2) is 9.88 Å². The van der Waals surface area contributed by atoms with Crippen molar-refractivity contribution >= 4 is 45.2 Å². The lowest BCUT2D eigenvalue weighted by Crippen LogP contribution is -2.30. The number of carbonyl (C=O) groups is 3. The summed E-state index contributed by atoms with van der Waals surface area (Å²) >= 11 is 1.10. The van der Waals surface area contributed by atoms with E-state index >= 15 is 0 Å². The van der Waals surface area contributed by atoms with Gasteiger partial charge in [-0.3, -0.25) is 14.4 Å². The summed E-state index contributed by atoms with van der Waals surface area (Å²) in [6, 6.07) is 7.61. The molecule has 1 atom stereocenters. The second kappa shape index (κ2) is 5.82. The molecule has 1 aromatic carbocycles. The highest BCUT2D eigenvalue weighted by molar-refractivity contribution is 7.14. The van der Waals surface area contributed by atoms with E-state index in [1.54, 1.807) is 11.6 Å². The monoisotopic (exact) mass is 355 g/mol. The molecule has 1 unspecified atom stereocenters. The van der Waals surface area contributed by atoms with E-state index in [-0.39, 0.29) is 29.8 Å². The first-order valence-electron chi connectivity index (χ1n) is 7.63. The third-order valence-electron chi connectivity index (χ3n) is 4.21. The van der Waals surface area contributed by atoms with Crippen molar-refractivity contribution in [1.29, 1.82) is 0 Å². The number of aromatic nitrogens is 2. The quantitative estimate of drug-likeness (QED) is 0.699. The lowest BCUT2D eigenvalue weighted by Gasteiger charge is -2.11. The van der Waals surface area contributed by atoms with Crippen LogP contribution in [0.5, 0.6) is 0 Å². The van der Waals surface area contributed by atoms with Gasteiger partial charge >= 0.3 is 5.97 Å². The van der Waals surface area contributed by atoms with Gasteiger partial charge in [0.25, 0.3) is 0 Å². The van der Waals surface area contributed by atoms with Crippen molar-refractivity contribution in [2.24, 2.45) is 0 Å². The van der Waals surface area contributed by atoms with Gasteiger partial charge in [0, 0.05) is 28.9 Å². The van der Waals surface area contributed by atoms with Gasteiger partial charge in [-0.2, -0.15) is 0 Å². The Kier molecular flexibility index (Phi) is 3.61. The summed E-state index contributed by atoms with van der Waals surface area (Å²) in [5, 5.41) is 11.5. The summed E-state index contributed by atoms with van der Waals surface area (Å²) in [7, 11) is 0. The summed E-state index contributed by atoms with van der Waals surface area (Å²) in [6.45, 7) is 0. The molecule has 0 saturated carbocycles. The summed E-state index contributed by atoms with van der Waals surface area (Å²) < 4.78 is 0. The minimum atomic E-state index is -1.01. The van der Waals surface area contributed by atoms with E-state index in [1.165, 1.54) is 0 Å². The number of aromatic amines is 1. The fourth-order valence-corrected chi connectivity index (χ4v) is 3.94. The average Bonchev–Trinajstić information content (AvgIpc) is 3.25. The molecule has 126 valence electrons. The van der Waals surface area contributed by atoms with Gasteiger partial charge in [-0.15, -0.1) is 11.3 Å². The Balaban J connectivity index is 1.66. The van der Waals surface area contributed by atoms with Crippen LogP contribution < -0.4 is 4.90 Å². The average molecular weight is 355 g/mol. The smallest absolute Gasteiger partial charge is 0.309 e. The summed E-state index contributed by atoms with van der Waals surface area (Å²) in [6.07, 6.45) is 1.61. The van der Waals surface area contributed by atoms with Crippen molar-refractivity contribution in [3.05, 3.63) is 47.1 Å². The molecule has 4 rings (SSSR count). The van der Waals surface area contributed by atoms with Crippen molar-refractivity contribution in [2.75, 3.05) is 4.90 Å². The van der Waals surface area contributed by atoms with Gasteiger partial charge < -0.3 is 10.1 Å². The molecule has 2 N–H and O–H groups in total. The van der Waals surface area contributed by atoms with Crippen LogP contribution in [0.3, 0.4) is 0 Å². The van der Waals surface area contributed by atoms with Gasteiger partial charge in [0.15, 0.2) is 5.13 Å². The summed E-state index contributed by atoms with van der Waals surface area (Å²) in [5.41, 5.74) is 2.04. The zero-order valence-electron chi connectivity index (χ0n) is 12.9. The molecule has 1 saturated heterocycles. The normalized spacial score (nSPS) is 17.6. The number of fused-ring (bicyclic) bond motifs is 1. The van der Waals surface area contributed by atoms with Gasteiger partial charge in [0.1, 0.15) is 0 Å². The number of benzene rings is 1. The molecule has 8 heteroatoms. The molecule has 0 aliphatic carbocycles. The molecule has 0 bridgehead atoms. The van der Waals surface area contributed by atoms with E-state index in [9.17, 15) is 14.4 Å². The minimum absolute atomic E-state index is 0.0779. The zero-order valence-corrected chi connectivity index (χ0v) is 13.7. The molecular formula is C17H13N3O4S. The number of anilines is 1. The highest BCUT2D eigenvalue weighted by Gasteiger charge is 2.42. The maximum atomic E-state index is 12.8. The van der Waals surface area contributed by atoms with Crippen molar-refractivity contribution in [1.82, 2.24) is 9.97 Å². The Morgan fingerprint density at radius 3 is 2.96 bits per heavy atom. The second-order valence-electron chi connectivity index (χ2n) is 5.81. The topological polar surface area (TPSA) is 103 Å². The number of carboxylic acids is 1. The van der Waals surface area contributed by atoms with Crippen LogP contribution in [-0.2, 0) is 20.8 Å². The number of rotatable bonds is 4. The van der Waals surface area contributed by atoms with Crippen LogP contribution in [0.2, 0.25) is 0 Å². The molecule has 2 amide bonds. The van der Waals surface area contributed by atoms with Crippen molar-refractivity contribution in [3.63, 3.8) is 0 Å². The molecule has 25 heavy (non-hydrogen) atoms. The molecule has 0 radical (unpaired) electrons. The Morgan fingerprint density at radius 2 is 2.16 bits per heavy atom. The predicted molar refractivity (Wildman–Crippen MR) is 91.6 cm³/mol. The third kappa shape index (κ3) is 2.60. The Labute approximate surface area is 145 Å². The zero-order chi connectivity index (χ0) is 17.6. The number of hydrogen-bond donors (Lipinski definition) is 2. The van der Waals surface area contributed by atoms with Gasteiger partial charge in [-0.05, 0) is 11.6 Å². The number of nitrogens with zero attached hydrogens (tertiary/aromatic N) is 2. The van der Waals surface area contributed by atoms with E-state index in [0.717, 1.165) is 32.7 Å². The molecule has 0 spiro atoms. The van der Waals surface area contributed by atoms with E-state index in [1.807, 2.05) is 24.3 Å². The number of carboxylic acid groups (broad SMARTS) is 1. The van der Waals surface area contributed by atoms with Crippen LogP contribution >= 0.6 is 11.3 Å². The van der Waals surface area contributed by atoms with Crippen LogP contribution in [0.4, 0.5) is 5.13 Å². The third-order valence-corrected chi connectivity index (χ3v) is 5.08. The first-order chi connectivity index (χ1) is 12.0. The number of amides is 2. The number of thiazole rings is 1. The number of hydrogen-bond acceptors (Lipinski definition) is 5. The molecule has 1 aliphatic rings. The standard InChI is InChI=1S/C17H13N3O4S/c21-14-6-11(12-7-18-13-4-2-1-3-10(12)13)16(24)20(14)17-19-9(8-25-17)5-15(22)23/h1-4,7-8,11,18H,5-6H2,(H,22,23). The van der Waals surface area contributed by atoms with Gasteiger partial charge in [-0.1, -0.05) is 18.2 Å². The fraction of sp³-hybridized carbons (Fsp3) is 0.176. The SMILES string of the molecule is O=C(O)Cc1csc(N2C(=O)CC(c3c[nH]c4ccccc34)C2=O)n1. The Hall–Kier alpha value is -3.00. The lowest BCUT2D eigenvalue weighted by atomic mass is 9.97. The van der Waals surface area contributed by atoms with Crippen LogP contribution in [0.25, 0.3) is 10.9 Å². The number of nitrogens with one attached hydrogen (secondary N) is 1. The van der Waals surface area contributed by atoms with E-state index in [4.69, 9.17) is 5.11 Å². The molecule has 3 heterocycles. The summed E-state index contributed by atoms with van der Waals surface area (Å²) in [4.78, 5) is 44.3. The van der Waals surface area contributed by atoms with Crippen molar-refractivity contribution in [2.45, 2.75) is 18.8 Å². The van der Waals surface area contributed by atoms with E-state index in [0.29, 0.717) is 5.69 Å². The minimum Gasteiger partial charge on any atom is -0.481 e. The van der Waals surface area contributed by atoms with Gasteiger partial charge in [0.05, 0.1) is 18.0 Å². The summed E-state index contributed by atoms with van der Waals surface area (Å²) in [5.74, 6) is -2.22. The maximum absolute atomic E-state index is 12.8. The number of aliphatic carboxylic acids is 1. The largest absolute Gasteiger partial charge is 0.481 e. The fourth-order valence-electron chi connectivity index (χ4n) is 3.09. The molecular weight excluding hydrogens is 342 g/mol. The first-order valence-corrected chi connectivity index (χ1v) is 8.51. The maximum Gasteiger partial charge on any atom is 0.309 e. The highest BCUT2D eigenvalue weighted by atomic mass is 32.1. The predicted octanol–water partition coefficient (Wildman–Crippen LogP) is 2.30. The van der Waals surface area contributed by atoms with Crippen LogP contribution in [0.15, 0.2) is 35.8 Å². The Morgan fingerprint density at radius 1 is 1.36 bits per heavy atom. The Bertz CT molecular complexity index is 1010. The number of imide groups is 1. The van der Waals surface area contributed by atoms with E-state index < -0.39 is 11.9 Å². The molecule has 7 nitrogen and oxygen atoms in total. The number of carbonyl (C=O) groups excluding carboxylic acids is 2. The van der Waals surface area contributed by atoms with Crippen LogP contribution in [-0.4, -0.2) is 32.9 Å². The van der Waals surface area contributed by atoms with E-state index in [2.05, 4.69) is 9.97 Å². The number of H-pyrrole nitrogens is 1. The van der Waals surface area contributed by atoms with Crippen LogP contribution in [0, 0.1) is 0 Å². The van der Waals surface area contributed by atoms with Crippen molar-refractivity contribution < 1.29 is 19.5 Å². The highest BCUT2D eigenvalue weighted by Crippen LogP contribution is 2.37. The molecule has 2 aromatic heterocycles. The molecule has 1 aliphatic heterocycles. The van der Waals surface area contributed by atoms with Crippen molar-refractivity contribution in [3.8, 4) is 0 Å². The van der Waals surface area contributed by atoms with Crippen LogP contribution in [0.1, 0.15) is 23.6 Å². The lowest BCUT2D eigenvalue weighted by molar-refractivity contribution is -0.136. The molecule has 1 fully saturated rings. The molecule has 3 aromatic rings. The first kappa shape index (κ1) is 15.5.